The number of halogens is 4. The molecule has 4 nitrogen and oxygen atoms in total. The Morgan fingerprint density at radius 2 is 1.95 bits per heavy atom. The van der Waals surface area contributed by atoms with E-state index in [1.54, 1.807) is 0 Å². The number of alkyl halides is 3. The van der Waals surface area contributed by atoms with Crippen LogP contribution in [0.5, 0.6) is 0 Å². The van der Waals surface area contributed by atoms with E-state index in [1.165, 1.54) is 18.2 Å². The number of hydrogen-bond acceptors (Lipinski definition) is 2. The quantitative estimate of drug-likeness (QED) is 0.895. The molecule has 0 heterocycles. The van der Waals surface area contributed by atoms with Crippen molar-refractivity contribution in [2.24, 2.45) is 0 Å². The molecule has 1 rings (SSSR count). The summed E-state index contributed by atoms with van der Waals surface area (Å²) in [5, 5.41) is 10.9. The summed E-state index contributed by atoms with van der Waals surface area (Å²) < 4.78 is 35.8. The number of aromatic carboxylic acids is 1. The molecule has 0 aliphatic rings. The number of carboxylic acid groups (broad SMARTS) is 1. The van der Waals surface area contributed by atoms with Crippen molar-refractivity contribution in [3.05, 3.63) is 28.8 Å². The summed E-state index contributed by atoms with van der Waals surface area (Å²) in [5.74, 6) is -2.31. The van der Waals surface area contributed by atoms with Crippen molar-refractivity contribution >= 4 is 29.2 Å². The zero-order valence-corrected chi connectivity index (χ0v) is 10.2. The molecular weight excluding hydrogens is 287 g/mol. The fraction of sp³-hybridized carbons (Fsp3) is 0.273. The van der Waals surface area contributed by atoms with Crippen molar-refractivity contribution in [3.8, 4) is 0 Å². The highest BCUT2D eigenvalue weighted by molar-refractivity contribution is 6.34. The van der Waals surface area contributed by atoms with Gasteiger partial charge in [-0.3, -0.25) is 4.79 Å². The van der Waals surface area contributed by atoms with Gasteiger partial charge in [-0.2, -0.15) is 13.2 Å². The SMILES string of the molecule is O=C(CCC(F)(F)F)Nc1cccc(Cl)c1C(=O)O. The maximum Gasteiger partial charge on any atom is 0.389 e. The first kappa shape index (κ1) is 15.3. The van der Waals surface area contributed by atoms with Gasteiger partial charge in [0.2, 0.25) is 5.91 Å². The molecule has 0 saturated heterocycles. The molecular formula is C11H9ClF3NO3. The first-order valence-corrected chi connectivity index (χ1v) is 5.47. The van der Waals surface area contributed by atoms with Gasteiger partial charge in [0.15, 0.2) is 0 Å². The van der Waals surface area contributed by atoms with E-state index in [0.717, 1.165) is 0 Å². The van der Waals surface area contributed by atoms with E-state index in [1.807, 2.05) is 0 Å². The molecule has 104 valence electrons. The summed E-state index contributed by atoms with van der Waals surface area (Å²) in [5.41, 5.74) is -0.489. The number of carboxylic acids is 1. The predicted molar refractivity (Wildman–Crippen MR) is 62.3 cm³/mol. The molecule has 1 aromatic rings. The molecule has 0 fully saturated rings. The van der Waals surface area contributed by atoms with E-state index in [0.29, 0.717) is 0 Å². The highest BCUT2D eigenvalue weighted by Crippen LogP contribution is 2.25. The molecule has 0 unspecified atom stereocenters. The second kappa shape index (κ2) is 5.92. The lowest BCUT2D eigenvalue weighted by molar-refractivity contribution is -0.142. The number of carbonyl (C=O) groups is 2. The maximum atomic E-state index is 11.9. The van der Waals surface area contributed by atoms with E-state index in [9.17, 15) is 22.8 Å². The molecule has 0 radical (unpaired) electrons. The van der Waals surface area contributed by atoms with E-state index >= 15 is 0 Å². The van der Waals surface area contributed by atoms with Gasteiger partial charge in [-0.05, 0) is 12.1 Å². The van der Waals surface area contributed by atoms with Crippen LogP contribution in [0.4, 0.5) is 18.9 Å². The fourth-order valence-corrected chi connectivity index (χ4v) is 1.57. The van der Waals surface area contributed by atoms with Crippen LogP contribution in [0.2, 0.25) is 5.02 Å². The summed E-state index contributed by atoms with van der Waals surface area (Å²) in [6.07, 6.45) is -6.50. The van der Waals surface area contributed by atoms with Crippen LogP contribution in [0.1, 0.15) is 23.2 Å². The Labute approximate surface area is 111 Å². The van der Waals surface area contributed by atoms with Crippen molar-refractivity contribution in [2.75, 3.05) is 5.32 Å². The topological polar surface area (TPSA) is 66.4 Å². The van der Waals surface area contributed by atoms with E-state index in [-0.39, 0.29) is 16.3 Å². The average molecular weight is 296 g/mol. The lowest BCUT2D eigenvalue weighted by atomic mass is 10.1. The van der Waals surface area contributed by atoms with Gasteiger partial charge in [0.25, 0.3) is 0 Å². The number of hydrogen-bond donors (Lipinski definition) is 2. The van der Waals surface area contributed by atoms with Gasteiger partial charge in [-0.1, -0.05) is 17.7 Å². The summed E-state index contributed by atoms with van der Waals surface area (Å²) in [4.78, 5) is 22.2. The third-order valence-electron chi connectivity index (χ3n) is 2.14. The molecule has 0 aliphatic heterocycles. The van der Waals surface area contributed by atoms with Gasteiger partial charge in [0.1, 0.15) is 5.56 Å². The van der Waals surface area contributed by atoms with Crippen LogP contribution < -0.4 is 5.32 Å². The maximum absolute atomic E-state index is 11.9. The zero-order valence-electron chi connectivity index (χ0n) is 9.42. The second-order valence-corrected chi connectivity index (χ2v) is 4.04. The van der Waals surface area contributed by atoms with Crippen LogP contribution in [0.15, 0.2) is 18.2 Å². The number of amides is 1. The van der Waals surface area contributed by atoms with Gasteiger partial charge >= 0.3 is 12.1 Å². The summed E-state index contributed by atoms with van der Waals surface area (Å²) in [6.45, 7) is 0. The molecule has 19 heavy (non-hydrogen) atoms. The van der Waals surface area contributed by atoms with Crippen LogP contribution in [0.3, 0.4) is 0 Å². The predicted octanol–water partition coefficient (Wildman–Crippen LogP) is 3.32. The first-order chi connectivity index (χ1) is 8.70. The minimum Gasteiger partial charge on any atom is -0.478 e. The molecule has 0 saturated carbocycles. The van der Waals surface area contributed by atoms with Gasteiger partial charge in [-0.25, -0.2) is 4.79 Å². The van der Waals surface area contributed by atoms with Crippen molar-refractivity contribution in [1.82, 2.24) is 0 Å². The van der Waals surface area contributed by atoms with Gasteiger partial charge in [0.05, 0.1) is 17.1 Å². The standard InChI is InChI=1S/C11H9ClF3NO3/c12-6-2-1-3-7(9(6)10(18)19)16-8(17)4-5-11(13,14)15/h1-3H,4-5H2,(H,16,17)(H,18,19). The van der Waals surface area contributed by atoms with E-state index in [4.69, 9.17) is 16.7 Å². The Morgan fingerprint density at radius 1 is 1.32 bits per heavy atom. The molecule has 2 N–H and O–H groups in total. The van der Waals surface area contributed by atoms with Crippen LogP contribution in [-0.2, 0) is 4.79 Å². The minimum atomic E-state index is -4.44. The second-order valence-electron chi connectivity index (χ2n) is 3.63. The number of nitrogens with one attached hydrogen (secondary N) is 1. The highest BCUT2D eigenvalue weighted by Gasteiger charge is 2.28. The minimum absolute atomic E-state index is 0.110. The smallest absolute Gasteiger partial charge is 0.389 e. The van der Waals surface area contributed by atoms with Crippen molar-refractivity contribution in [3.63, 3.8) is 0 Å². The Bertz CT molecular complexity index is 502. The van der Waals surface area contributed by atoms with Gasteiger partial charge < -0.3 is 10.4 Å². The van der Waals surface area contributed by atoms with Crippen LogP contribution in [-0.4, -0.2) is 23.2 Å². The number of carbonyl (C=O) groups excluding carboxylic acids is 1. The summed E-state index contributed by atoms with van der Waals surface area (Å²) in [6, 6.07) is 3.94. The van der Waals surface area contributed by atoms with Gasteiger partial charge in [-0.15, -0.1) is 0 Å². The number of rotatable bonds is 4. The number of benzene rings is 1. The molecule has 8 heteroatoms. The molecule has 0 bridgehead atoms. The monoisotopic (exact) mass is 295 g/mol. The highest BCUT2D eigenvalue weighted by atomic mass is 35.5. The van der Waals surface area contributed by atoms with Crippen molar-refractivity contribution < 1.29 is 27.9 Å². The number of anilines is 1. The van der Waals surface area contributed by atoms with Crippen LogP contribution in [0.25, 0.3) is 0 Å². The largest absolute Gasteiger partial charge is 0.478 e. The Morgan fingerprint density at radius 3 is 2.47 bits per heavy atom. The lowest BCUT2D eigenvalue weighted by Gasteiger charge is -2.10. The van der Waals surface area contributed by atoms with Crippen molar-refractivity contribution in [1.29, 1.82) is 0 Å². The van der Waals surface area contributed by atoms with Gasteiger partial charge in [0, 0.05) is 6.42 Å². The summed E-state index contributed by atoms with van der Waals surface area (Å²) in [7, 11) is 0. The Kier molecular flexibility index (Phi) is 4.77. The van der Waals surface area contributed by atoms with Crippen LogP contribution in [0, 0.1) is 0 Å². The normalized spacial score (nSPS) is 11.2. The third-order valence-corrected chi connectivity index (χ3v) is 2.45. The molecule has 0 aromatic heterocycles. The average Bonchev–Trinajstić information content (AvgIpc) is 2.25. The fourth-order valence-electron chi connectivity index (χ4n) is 1.31. The van der Waals surface area contributed by atoms with Crippen LogP contribution >= 0.6 is 11.6 Å². The van der Waals surface area contributed by atoms with E-state index in [2.05, 4.69) is 5.32 Å². The van der Waals surface area contributed by atoms with E-state index < -0.39 is 30.9 Å². The first-order valence-electron chi connectivity index (χ1n) is 5.09. The summed E-state index contributed by atoms with van der Waals surface area (Å²) >= 11 is 5.65. The molecule has 0 atom stereocenters. The Balaban J connectivity index is 2.80. The van der Waals surface area contributed by atoms with Crippen molar-refractivity contribution in [2.45, 2.75) is 19.0 Å². The molecule has 0 aliphatic carbocycles. The molecule has 1 aromatic carbocycles. The lowest BCUT2D eigenvalue weighted by Crippen LogP contribution is -2.18. The zero-order chi connectivity index (χ0) is 14.6. The Hall–Kier alpha value is -1.76. The molecule has 0 spiro atoms. The molecule has 1 amide bonds. The third kappa shape index (κ3) is 4.78.